The Hall–Kier alpha value is -2.66. The standard InChI is InChI=1S/C19H19N3OS/c20-19-22-16(13-24-19)11-12-21-18(23)17(14-7-3-1-4-8-14)15-9-5-2-6-10-15/h1-10,13,17H,11-12H2,(H2,20,22)(H,21,23). The first kappa shape index (κ1) is 16.2. The highest BCUT2D eigenvalue weighted by molar-refractivity contribution is 7.13. The van der Waals surface area contributed by atoms with Crippen molar-refractivity contribution in [1.29, 1.82) is 0 Å². The number of anilines is 1. The molecule has 4 nitrogen and oxygen atoms in total. The van der Waals surface area contributed by atoms with Gasteiger partial charge in [-0.15, -0.1) is 11.3 Å². The molecule has 1 aromatic heterocycles. The van der Waals surface area contributed by atoms with Crippen molar-refractivity contribution in [2.24, 2.45) is 0 Å². The minimum absolute atomic E-state index is 0.00407. The summed E-state index contributed by atoms with van der Waals surface area (Å²) in [6.07, 6.45) is 0.676. The Balaban J connectivity index is 1.72. The number of rotatable bonds is 6. The summed E-state index contributed by atoms with van der Waals surface area (Å²) < 4.78 is 0. The van der Waals surface area contributed by atoms with E-state index in [-0.39, 0.29) is 11.8 Å². The molecule has 0 aliphatic rings. The fourth-order valence-electron chi connectivity index (χ4n) is 2.64. The molecule has 0 atom stereocenters. The van der Waals surface area contributed by atoms with Gasteiger partial charge in [-0.3, -0.25) is 4.79 Å². The summed E-state index contributed by atoms with van der Waals surface area (Å²) in [5.74, 6) is -0.316. The Labute approximate surface area is 145 Å². The number of thiazole rings is 1. The predicted molar refractivity (Wildman–Crippen MR) is 98.0 cm³/mol. The van der Waals surface area contributed by atoms with Gasteiger partial charge in [-0.2, -0.15) is 0 Å². The lowest BCUT2D eigenvalue weighted by molar-refractivity contribution is -0.121. The van der Waals surface area contributed by atoms with E-state index in [9.17, 15) is 4.79 Å². The van der Waals surface area contributed by atoms with Crippen LogP contribution in [0.2, 0.25) is 0 Å². The maximum atomic E-state index is 12.8. The second kappa shape index (κ2) is 7.75. The van der Waals surface area contributed by atoms with Crippen LogP contribution in [0.25, 0.3) is 0 Å². The summed E-state index contributed by atoms with van der Waals surface area (Å²) in [7, 11) is 0. The molecule has 0 aliphatic heterocycles. The molecule has 3 aromatic rings. The lowest BCUT2D eigenvalue weighted by atomic mass is 9.90. The SMILES string of the molecule is Nc1nc(CCNC(=O)C(c2ccccc2)c2ccccc2)cs1. The summed E-state index contributed by atoms with van der Waals surface area (Å²) in [5, 5.41) is 5.50. The molecule has 0 bridgehead atoms. The van der Waals surface area contributed by atoms with Crippen LogP contribution < -0.4 is 11.1 Å². The van der Waals surface area contributed by atoms with Gasteiger partial charge >= 0.3 is 0 Å². The summed E-state index contributed by atoms with van der Waals surface area (Å²) in [5.41, 5.74) is 8.51. The maximum Gasteiger partial charge on any atom is 0.232 e. The van der Waals surface area contributed by atoms with Gasteiger partial charge in [0.15, 0.2) is 5.13 Å². The summed E-state index contributed by atoms with van der Waals surface area (Å²) in [6, 6.07) is 19.7. The Morgan fingerprint density at radius 2 is 1.62 bits per heavy atom. The van der Waals surface area contributed by atoms with Gasteiger partial charge in [-0.25, -0.2) is 4.98 Å². The smallest absolute Gasteiger partial charge is 0.232 e. The van der Waals surface area contributed by atoms with Gasteiger partial charge < -0.3 is 11.1 Å². The van der Waals surface area contributed by atoms with E-state index in [1.165, 1.54) is 11.3 Å². The highest BCUT2D eigenvalue weighted by Crippen LogP contribution is 2.24. The van der Waals surface area contributed by atoms with Crippen molar-refractivity contribution in [1.82, 2.24) is 10.3 Å². The van der Waals surface area contributed by atoms with Crippen molar-refractivity contribution in [3.05, 3.63) is 82.9 Å². The topological polar surface area (TPSA) is 68.0 Å². The molecule has 0 saturated heterocycles. The maximum absolute atomic E-state index is 12.8. The van der Waals surface area contributed by atoms with Gasteiger partial charge in [0, 0.05) is 18.3 Å². The second-order valence-corrected chi connectivity index (χ2v) is 6.36. The van der Waals surface area contributed by atoms with Crippen molar-refractivity contribution in [2.45, 2.75) is 12.3 Å². The third-order valence-electron chi connectivity index (χ3n) is 3.78. The fraction of sp³-hybridized carbons (Fsp3) is 0.158. The molecular weight excluding hydrogens is 318 g/mol. The van der Waals surface area contributed by atoms with Gasteiger partial charge in [0.1, 0.15) is 0 Å². The molecule has 1 amide bonds. The number of hydrogen-bond acceptors (Lipinski definition) is 4. The molecule has 3 N–H and O–H groups in total. The fourth-order valence-corrected chi connectivity index (χ4v) is 3.24. The monoisotopic (exact) mass is 337 g/mol. The first-order chi connectivity index (χ1) is 11.7. The molecule has 0 radical (unpaired) electrons. The van der Waals surface area contributed by atoms with Crippen LogP contribution in [0.3, 0.4) is 0 Å². The van der Waals surface area contributed by atoms with Crippen LogP contribution in [0.15, 0.2) is 66.0 Å². The first-order valence-corrected chi connectivity index (χ1v) is 8.69. The van der Waals surface area contributed by atoms with E-state index in [0.717, 1.165) is 16.8 Å². The number of benzene rings is 2. The average molecular weight is 337 g/mol. The Morgan fingerprint density at radius 3 is 2.12 bits per heavy atom. The van der Waals surface area contributed by atoms with Crippen molar-refractivity contribution in [2.75, 3.05) is 12.3 Å². The third-order valence-corrected chi connectivity index (χ3v) is 4.50. The zero-order valence-corrected chi connectivity index (χ0v) is 14.0. The Morgan fingerprint density at radius 1 is 1.04 bits per heavy atom. The number of hydrogen-bond donors (Lipinski definition) is 2. The second-order valence-electron chi connectivity index (χ2n) is 5.47. The van der Waals surface area contributed by atoms with Crippen molar-refractivity contribution >= 4 is 22.4 Å². The van der Waals surface area contributed by atoms with E-state index in [0.29, 0.717) is 18.1 Å². The Kier molecular flexibility index (Phi) is 5.23. The van der Waals surface area contributed by atoms with Crippen molar-refractivity contribution < 1.29 is 4.79 Å². The highest BCUT2D eigenvalue weighted by Gasteiger charge is 2.22. The van der Waals surface area contributed by atoms with E-state index in [1.807, 2.05) is 66.0 Å². The number of carbonyl (C=O) groups excluding carboxylic acids is 1. The molecule has 0 spiro atoms. The van der Waals surface area contributed by atoms with Crippen LogP contribution in [0, 0.1) is 0 Å². The molecule has 24 heavy (non-hydrogen) atoms. The van der Waals surface area contributed by atoms with Gasteiger partial charge in [0.2, 0.25) is 5.91 Å². The number of aromatic nitrogens is 1. The van der Waals surface area contributed by atoms with Crippen molar-refractivity contribution in [3.8, 4) is 0 Å². The van der Waals surface area contributed by atoms with Gasteiger partial charge in [0.05, 0.1) is 11.6 Å². The number of carbonyl (C=O) groups is 1. The van der Waals surface area contributed by atoms with Gasteiger partial charge in [0.25, 0.3) is 0 Å². The zero-order valence-electron chi connectivity index (χ0n) is 13.2. The average Bonchev–Trinajstić information content (AvgIpc) is 3.02. The molecule has 122 valence electrons. The molecule has 0 fully saturated rings. The number of nitrogens with zero attached hydrogens (tertiary/aromatic N) is 1. The van der Waals surface area contributed by atoms with Crippen LogP contribution in [0.1, 0.15) is 22.7 Å². The number of nitrogens with two attached hydrogens (primary N) is 1. The minimum Gasteiger partial charge on any atom is -0.375 e. The summed E-state index contributed by atoms with van der Waals surface area (Å²) >= 11 is 1.42. The number of amides is 1. The van der Waals surface area contributed by atoms with Gasteiger partial charge in [-0.05, 0) is 11.1 Å². The largest absolute Gasteiger partial charge is 0.375 e. The molecule has 0 aliphatic carbocycles. The quantitative estimate of drug-likeness (QED) is 0.726. The van der Waals surface area contributed by atoms with Crippen LogP contribution in [0.5, 0.6) is 0 Å². The third kappa shape index (κ3) is 4.00. The van der Waals surface area contributed by atoms with E-state index >= 15 is 0 Å². The van der Waals surface area contributed by atoms with E-state index < -0.39 is 0 Å². The highest BCUT2D eigenvalue weighted by atomic mass is 32.1. The van der Waals surface area contributed by atoms with Crippen LogP contribution >= 0.6 is 11.3 Å². The molecule has 5 heteroatoms. The first-order valence-electron chi connectivity index (χ1n) is 7.81. The number of nitrogens with one attached hydrogen (secondary N) is 1. The zero-order chi connectivity index (χ0) is 16.8. The molecule has 3 rings (SSSR count). The van der Waals surface area contributed by atoms with Crippen LogP contribution in [-0.4, -0.2) is 17.4 Å². The normalized spacial score (nSPS) is 10.7. The molecular formula is C19H19N3OS. The lowest BCUT2D eigenvalue weighted by Crippen LogP contribution is -2.31. The van der Waals surface area contributed by atoms with Crippen LogP contribution in [-0.2, 0) is 11.2 Å². The lowest BCUT2D eigenvalue weighted by Gasteiger charge is -2.17. The van der Waals surface area contributed by atoms with Crippen molar-refractivity contribution in [3.63, 3.8) is 0 Å². The van der Waals surface area contributed by atoms with Crippen LogP contribution in [0.4, 0.5) is 5.13 Å². The number of nitrogen functional groups attached to an aromatic ring is 1. The minimum atomic E-state index is -0.312. The molecule has 1 heterocycles. The molecule has 2 aromatic carbocycles. The predicted octanol–water partition coefficient (Wildman–Crippen LogP) is 3.22. The Bertz CT molecular complexity index is 747. The van der Waals surface area contributed by atoms with E-state index in [1.54, 1.807) is 0 Å². The summed E-state index contributed by atoms with van der Waals surface area (Å²) in [6.45, 7) is 0.540. The molecule has 0 saturated carbocycles. The van der Waals surface area contributed by atoms with E-state index in [2.05, 4.69) is 10.3 Å². The van der Waals surface area contributed by atoms with Gasteiger partial charge in [-0.1, -0.05) is 60.7 Å². The molecule has 0 unspecified atom stereocenters. The summed E-state index contributed by atoms with van der Waals surface area (Å²) in [4.78, 5) is 17.0. The van der Waals surface area contributed by atoms with E-state index in [4.69, 9.17) is 5.73 Å².